The second-order valence-corrected chi connectivity index (χ2v) is 9.10. The van der Waals surface area contributed by atoms with Gasteiger partial charge in [-0.3, -0.25) is 4.72 Å². The lowest BCUT2D eigenvalue weighted by atomic mass is 10.3. The molecular formula is C16H20N2O5S2. The first-order valence-corrected chi connectivity index (χ1v) is 10.4. The Morgan fingerprint density at radius 2 is 1.64 bits per heavy atom. The van der Waals surface area contributed by atoms with Crippen molar-refractivity contribution >= 4 is 25.7 Å². The summed E-state index contributed by atoms with van der Waals surface area (Å²) in [4.78, 5) is -0.0199. The maximum absolute atomic E-state index is 12.5. The van der Waals surface area contributed by atoms with Gasteiger partial charge in [0.15, 0.2) is 0 Å². The summed E-state index contributed by atoms with van der Waals surface area (Å²) in [5.41, 5.74) is 0.132. The van der Waals surface area contributed by atoms with E-state index in [1.54, 1.807) is 25.1 Å². The molecule has 9 heteroatoms. The lowest BCUT2D eigenvalue weighted by Gasteiger charge is -2.17. The number of anilines is 1. The number of nitrogens with zero attached hydrogens (tertiary/aromatic N) is 1. The van der Waals surface area contributed by atoms with Gasteiger partial charge in [0.1, 0.15) is 10.6 Å². The van der Waals surface area contributed by atoms with Crippen LogP contribution in [0.5, 0.6) is 5.75 Å². The SMILES string of the molecule is CCOc1ccc(NS(=O)(=O)c2ccccc2)cc1S(=O)(=O)N(C)C. The van der Waals surface area contributed by atoms with Gasteiger partial charge in [-0.15, -0.1) is 0 Å². The molecule has 136 valence electrons. The van der Waals surface area contributed by atoms with E-state index < -0.39 is 20.0 Å². The van der Waals surface area contributed by atoms with Crippen LogP contribution in [0.3, 0.4) is 0 Å². The van der Waals surface area contributed by atoms with Crippen molar-refractivity contribution in [1.29, 1.82) is 0 Å². The first kappa shape index (κ1) is 19.2. The molecule has 0 spiro atoms. The van der Waals surface area contributed by atoms with Crippen molar-refractivity contribution in [3.8, 4) is 5.75 Å². The molecule has 0 radical (unpaired) electrons. The molecule has 2 rings (SSSR count). The van der Waals surface area contributed by atoms with E-state index >= 15 is 0 Å². The third kappa shape index (κ3) is 4.30. The van der Waals surface area contributed by atoms with Crippen LogP contribution in [-0.4, -0.2) is 41.8 Å². The molecule has 0 fully saturated rings. The highest BCUT2D eigenvalue weighted by Gasteiger charge is 2.24. The molecule has 0 bridgehead atoms. The summed E-state index contributed by atoms with van der Waals surface area (Å²) in [5, 5.41) is 0. The van der Waals surface area contributed by atoms with Gasteiger partial charge in [0, 0.05) is 14.1 Å². The molecule has 0 saturated carbocycles. The van der Waals surface area contributed by atoms with Crippen LogP contribution >= 0.6 is 0 Å². The molecule has 0 aromatic heterocycles. The summed E-state index contributed by atoms with van der Waals surface area (Å²) in [7, 11) is -4.83. The van der Waals surface area contributed by atoms with E-state index in [1.807, 2.05) is 0 Å². The average Bonchev–Trinajstić information content (AvgIpc) is 2.56. The highest BCUT2D eigenvalue weighted by atomic mass is 32.2. The van der Waals surface area contributed by atoms with E-state index in [4.69, 9.17) is 4.74 Å². The molecule has 0 amide bonds. The predicted octanol–water partition coefficient (Wildman–Crippen LogP) is 2.14. The molecule has 0 atom stereocenters. The average molecular weight is 384 g/mol. The van der Waals surface area contributed by atoms with Gasteiger partial charge in [-0.1, -0.05) is 18.2 Å². The summed E-state index contributed by atoms with van der Waals surface area (Å²) >= 11 is 0. The van der Waals surface area contributed by atoms with Gasteiger partial charge in [0.05, 0.1) is 17.2 Å². The molecule has 0 unspecified atom stereocenters. The second-order valence-electron chi connectivity index (χ2n) is 5.30. The summed E-state index contributed by atoms with van der Waals surface area (Å²) < 4.78 is 58.6. The van der Waals surface area contributed by atoms with Gasteiger partial charge in [-0.2, -0.15) is 0 Å². The summed E-state index contributed by atoms with van der Waals surface area (Å²) in [5.74, 6) is 0.166. The minimum atomic E-state index is -3.82. The number of nitrogens with one attached hydrogen (secondary N) is 1. The minimum Gasteiger partial charge on any atom is -0.492 e. The number of rotatable bonds is 7. The zero-order valence-electron chi connectivity index (χ0n) is 14.1. The molecule has 0 aliphatic carbocycles. The molecule has 7 nitrogen and oxygen atoms in total. The molecular weight excluding hydrogens is 364 g/mol. The van der Waals surface area contributed by atoms with Crippen molar-refractivity contribution in [1.82, 2.24) is 4.31 Å². The van der Waals surface area contributed by atoms with Gasteiger partial charge in [-0.25, -0.2) is 21.1 Å². The Labute approximate surface area is 148 Å². The Morgan fingerprint density at radius 1 is 1.00 bits per heavy atom. The first-order valence-electron chi connectivity index (χ1n) is 7.45. The van der Waals surface area contributed by atoms with Crippen molar-refractivity contribution in [2.45, 2.75) is 16.7 Å². The quantitative estimate of drug-likeness (QED) is 0.789. The van der Waals surface area contributed by atoms with Crippen LogP contribution in [0.25, 0.3) is 0 Å². The Kier molecular flexibility index (Phi) is 5.71. The lowest BCUT2D eigenvalue weighted by molar-refractivity contribution is 0.330. The maximum Gasteiger partial charge on any atom is 0.261 e. The number of sulfonamides is 2. The fourth-order valence-corrected chi connectivity index (χ4v) is 4.18. The van der Waals surface area contributed by atoms with Gasteiger partial charge >= 0.3 is 0 Å². The number of ether oxygens (including phenoxy) is 1. The van der Waals surface area contributed by atoms with E-state index in [9.17, 15) is 16.8 Å². The minimum absolute atomic E-state index is 0.0842. The highest BCUT2D eigenvalue weighted by molar-refractivity contribution is 7.92. The molecule has 25 heavy (non-hydrogen) atoms. The third-order valence-corrected chi connectivity index (χ3v) is 6.54. The van der Waals surface area contributed by atoms with E-state index in [0.29, 0.717) is 0 Å². The molecule has 0 aliphatic heterocycles. The van der Waals surface area contributed by atoms with Crippen LogP contribution < -0.4 is 9.46 Å². The van der Waals surface area contributed by atoms with Crippen molar-refractivity contribution in [2.75, 3.05) is 25.4 Å². The topological polar surface area (TPSA) is 92.8 Å². The Balaban J connectivity index is 2.47. The highest BCUT2D eigenvalue weighted by Crippen LogP contribution is 2.30. The largest absolute Gasteiger partial charge is 0.492 e. The van der Waals surface area contributed by atoms with Crippen molar-refractivity contribution in [3.05, 3.63) is 48.5 Å². The summed E-state index contributed by atoms with van der Waals surface area (Å²) in [6.45, 7) is 2.02. The fourth-order valence-electron chi connectivity index (χ4n) is 2.06. The van der Waals surface area contributed by atoms with Crippen molar-refractivity contribution in [3.63, 3.8) is 0 Å². The van der Waals surface area contributed by atoms with Gasteiger partial charge < -0.3 is 4.74 Å². The smallest absolute Gasteiger partial charge is 0.261 e. The van der Waals surface area contributed by atoms with Gasteiger partial charge in [-0.05, 0) is 37.3 Å². The van der Waals surface area contributed by atoms with Crippen LogP contribution in [0.15, 0.2) is 58.3 Å². The summed E-state index contributed by atoms with van der Waals surface area (Å²) in [6, 6.07) is 12.0. The van der Waals surface area contributed by atoms with Gasteiger partial charge in [0.2, 0.25) is 10.0 Å². The molecule has 0 saturated heterocycles. The zero-order chi connectivity index (χ0) is 18.7. The maximum atomic E-state index is 12.5. The van der Waals surface area contributed by atoms with Crippen LogP contribution in [0, 0.1) is 0 Å². The molecule has 1 N–H and O–H groups in total. The molecule has 2 aromatic rings. The normalized spacial score (nSPS) is 12.2. The second kappa shape index (κ2) is 7.42. The number of hydrogen-bond acceptors (Lipinski definition) is 5. The predicted molar refractivity (Wildman–Crippen MR) is 95.7 cm³/mol. The third-order valence-electron chi connectivity index (χ3n) is 3.31. The summed E-state index contributed by atoms with van der Waals surface area (Å²) in [6.07, 6.45) is 0. The van der Waals surface area contributed by atoms with E-state index in [-0.39, 0.29) is 27.8 Å². The molecule has 0 aliphatic rings. The van der Waals surface area contributed by atoms with Crippen molar-refractivity contribution in [2.24, 2.45) is 0 Å². The first-order chi connectivity index (χ1) is 11.7. The van der Waals surface area contributed by atoms with Crippen LogP contribution in [-0.2, 0) is 20.0 Å². The number of benzene rings is 2. The van der Waals surface area contributed by atoms with Crippen LogP contribution in [0.2, 0.25) is 0 Å². The number of hydrogen-bond donors (Lipinski definition) is 1. The van der Waals surface area contributed by atoms with Gasteiger partial charge in [0.25, 0.3) is 10.0 Å². The standard InChI is InChI=1S/C16H20N2O5S2/c1-4-23-15-11-10-13(12-16(15)25(21,22)18(2)3)17-24(19,20)14-8-6-5-7-9-14/h5-12,17H,4H2,1-3H3. The Morgan fingerprint density at radius 3 is 2.20 bits per heavy atom. The molecule has 2 aromatic carbocycles. The zero-order valence-corrected chi connectivity index (χ0v) is 15.8. The fraction of sp³-hybridized carbons (Fsp3) is 0.250. The van der Waals surface area contributed by atoms with Crippen molar-refractivity contribution < 1.29 is 21.6 Å². The lowest BCUT2D eigenvalue weighted by Crippen LogP contribution is -2.23. The van der Waals surface area contributed by atoms with E-state index in [1.165, 1.54) is 44.4 Å². The Bertz CT molecular complexity index is 940. The Hall–Kier alpha value is -2.10. The van der Waals surface area contributed by atoms with Crippen LogP contribution in [0.4, 0.5) is 5.69 Å². The van der Waals surface area contributed by atoms with Crippen LogP contribution in [0.1, 0.15) is 6.92 Å². The molecule has 0 heterocycles. The monoisotopic (exact) mass is 384 g/mol. The van der Waals surface area contributed by atoms with E-state index in [2.05, 4.69) is 4.72 Å². The van der Waals surface area contributed by atoms with E-state index in [0.717, 1.165) is 4.31 Å².